The first-order valence-corrected chi connectivity index (χ1v) is 12.0. The van der Waals surface area contributed by atoms with Crippen LogP contribution >= 0.6 is 11.3 Å². The molecule has 7 heteroatoms. The quantitative estimate of drug-likeness (QED) is 0.225. The normalized spacial score (nSPS) is 11.7. The third kappa shape index (κ3) is 4.63. The number of para-hydroxylation sites is 3. The fourth-order valence-corrected chi connectivity index (χ4v) is 4.92. The van der Waals surface area contributed by atoms with Crippen molar-refractivity contribution in [3.8, 4) is 17.2 Å². The van der Waals surface area contributed by atoms with Crippen LogP contribution in [0, 0.1) is 0 Å². The minimum atomic E-state index is -0.0770. The largest absolute Gasteiger partial charge is 0.493 e. The first kappa shape index (κ1) is 22.7. The Morgan fingerprint density at radius 1 is 0.971 bits per heavy atom. The maximum atomic E-state index is 13.0. The van der Waals surface area contributed by atoms with Crippen molar-refractivity contribution in [2.24, 2.45) is 0 Å². The number of aromatic nitrogens is 2. The van der Waals surface area contributed by atoms with E-state index in [0.717, 1.165) is 34.3 Å². The molecule has 5 aromatic rings. The number of hydrogen-bond acceptors (Lipinski definition) is 6. The first-order chi connectivity index (χ1) is 17.2. The molecule has 0 saturated heterocycles. The van der Waals surface area contributed by atoms with Crippen LogP contribution in [0.15, 0.2) is 84.2 Å². The number of thiazole rings is 1. The molecule has 0 aliphatic carbocycles. The minimum absolute atomic E-state index is 0.0770. The van der Waals surface area contributed by atoms with Gasteiger partial charge >= 0.3 is 0 Å². The van der Waals surface area contributed by atoms with Gasteiger partial charge in [0.15, 0.2) is 16.5 Å². The molecule has 35 heavy (non-hydrogen) atoms. The number of hydrogen-bond donors (Lipinski definition) is 0. The Bertz CT molecular complexity index is 1620. The van der Waals surface area contributed by atoms with Crippen molar-refractivity contribution in [2.75, 3.05) is 20.3 Å². The monoisotopic (exact) mass is 484 g/mol. The number of ether oxygens (including phenoxy) is 3. The third-order valence-corrected chi connectivity index (χ3v) is 6.53. The van der Waals surface area contributed by atoms with E-state index in [2.05, 4.69) is 11.6 Å². The highest BCUT2D eigenvalue weighted by molar-refractivity contribution is 7.15. The SMILES string of the molecule is C=CCc1ccccc1OCCOc1ccc(C=c2sc3nc4ccccc4n3c2=O)cc1OC. The van der Waals surface area contributed by atoms with Crippen molar-refractivity contribution in [1.29, 1.82) is 0 Å². The molecule has 0 saturated carbocycles. The molecular formula is C28H24N2O4S. The van der Waals surface area contributed by atoms with Crippen molar-refractivity contribution >= 4 is 33.4 Å². The summed E-state index contributed by atoms with van der Waals surface area (Å²) in [5, 5.41) is 0. The molecule has 6 nitrogen and oxygen atoms in total. The Morgan fingerprint density at radius 3 is 2.57 bits per heavy atom. The van der Waals surface area contributed by atoms with E-state index in [-0.39, 0.29) is 5.56 Å². The van der Waals surface area contributed by atoms with Gasteiger partial charge in [0.05, 0.1) is 22.7 Å². The molecule has 176 valence electrons. The summed E-state index contributed by atoms with van der Waals surface area (Å²) in [6.07, 6.45) is 4.46. The van der Waals surface area contributed by atoms with Gasteiger partial charge in [-0.3, -0.25) is 4.79 Å². The smallest absolute Gasteiger partial charge is 0.274 e. The van der Waals surface area contributed by atoms with E-state index < -0.39 is 0 Å². The lowest BCUT2D eigenvalue weighted by Gasteiger charge is -2.13. The Kier molecular flexibility index (Phi) is 6.50. The number of rotatable bonds is 9. The van der Waals surface area contributed by atoms with E-state index in [4.69, 9.17) is 14.2 Å². The van der Waals surface area contributed by atoms with Crippen molar-refractivity contribution in [3.63, 3.8) is 0 Å². The summed E-state index contributed by atoms with van der Waals surface area (Å²) in [5.41, 5.74) is 3.49. The molecule has 0 bridgehead atoms. The van der Waals surface area contributed by atoms with E-state index in [1.165, 1.54) is 11.3 Å². The van der Waals surface area contributed by atoms with E-state index in [1.54, 1.807) is 11.5 Å². The third-order valence-electron chi connectivity index (χ3n) is 5.57. The number of benzene rings is 3. The van der Waals surface area contributed by atoms with Crippen LogP contribution in [0.5, 0.6) is 17.2 Å². The van der Waals surface area contributed by atoms with Crippen molar-refractivity contribution in [3.05, 3.63) is 105 Å². The molecule has 3 aromatic carbocycles. The van der Waals surface area contributed by atoms with Crippen molar-refractivity contribution < 1.29 is 14.2 Å². The lowest BCUT2D eigenvalue weighted by atomic mass is 10.1. The van der Waals surface area contributed by atoms with Crippen LogP contribution in [-0.2, 0) is 6.42 Å². The van der Waals surface area contributed by atoms with Crippen LogP contribution in [0.4, 0.5) is 0 Å². The summed E-state index contributed by atoms with van der Waals surface area (Å²) in [7, 11) is 1.60. The van der Waals surface area contributed by atoms with Crippen LogP contribution in [0.1, 0.15) is 11.1 Å². The van der Waals surface area contributed by atoms with Crippen LogP contribution in [-0.4, -0.2) is 29.7 Å². The molecule has 0 aliphatic heterocycles. The van der Waals surface area contributed by atoms with Gasteiger partial charge in [-0.15, -0.1) is 6.58 Å². The van der Waals surface area contributed by atoms with Crippen LogP contribution in [0.3, 0.4) is 0 Å². The average molecular weight is 485 g/mol. The van der Waals surface area contributed by atoms with Gasteiger partial charge < -0.3 is 14.2 Å². The molecule has 0 unspecified atom stereocenters. The maximum absolute atomic E-state index is 13.0. The highest BCUT2D eigenvalue weighted by Gasteiger charge is 2.11. The van der Waals surface area contributed by atoms with Crippen LogP contribution in [0.25, 0.3) is 22.1 Å². The highest BCUT2D eigenvalue weighted by Crippen LogP contribution is 2.28. The van der Waals surface area contributed by atoms with Crippen LogP contribution < -0.4 is 24.3 Å². The Labute approximate surface area is 206 Å². The zero-order valence-corrected chi connectivity index (χ0v) is 20.1. The van der Waals surface area contributed by atoms with Gasteiger partial charge in [-0.2, -0.15) is 0 Å². The second-order valence-electron chi connectivity index (χ2n) is 7.84. The lowest BCUT2D eigenvalue weighted by Crippen LogP contribution is -2.22. The van der Waals surface area contributed by atoms with Crippen LogP contribution in [0.2, 0.25) is 0 Å². The Hall–Kier alpha value is -4.10. The Balaban J connectivity index is 1.32. The number of methoxy groups -OCH3 is 1. The fraction of sp³-hybridized carbons (Fsp3) is 0.143. The fourth-order valence-electron chi connectivity index (χ4n) is 3.93. The molecule has 0 spiro atoms. The number of allylic oxidation sites excluding steroid dienone is 1. The predicted octanol–water partition coefficient (Wildman–Crippen LogP) is 4.65. The first-order valence-electron chi connectivity index (χ1n) is 11.2. The maximum Gasteiger partial charge on any atom is 0.274 e. The molecule has 0 atom stereocenters. The van der Waals surface area contributed by atoms with Gasteiger partial charge in [-0.05, 0) is 54.0 Å². The molecular weight excluding hydrogens is 460 g/mol. The number of fused-ring (bicyclic) bond motifs is 3. The number of nitrogens with zero attached hydrogens (tertiary/aromatic N) is 2. The summed E-state index contributed by atoms with van der Waals surface area (Å²) in [4.78, 5) is 18.3. The summed E-state index contributed by atoms with van der Waals surface area (Å²) in [6, 6.07) is 21.1. The summed E-state index contributed by atoms with van der Waals surface area (Å²) >= 11 is 1.37. The zero-order valence-electron chi connectivity index (χ0n) is 19.3. The zero-order chi connectivity index (χ0) is 24.2. The van der Waals surface area contributed by atoms with Gasteiger partial charge in [0.25, 0.3) is 5.56 Å². The second-order valence-corrected chi connectivity index (χ2v) is 8.85. The van der Waals surface area contributed by atoms with Gasteiger partial charge in [-0.1, -0.05) is 53.8 Å². The van der Waals surface area contributed by atoms with Gasteiger partial charge in [0.1, 0.15) is 19.0 Å². The molecule has 0 aliphatic rings. The van der Waals surface area contributed by atoms with Crippen molar-refractivity contribution in [1.82, 2.24) is 9.38 Å². The molecule has 0 amide bonds. The second kappa shape index (κ2) is 10.0. The van der Waals surface area contributed by atoms with E-state index in [0.29, 0.717) is 34.2 Å². The molecule has 5 rings (SSSR count). The lowest BCUT2D eigenvalue weighted by molar-refractivity contribution is 0.210. The summed E-state index contributed by atoms with van der Waals surface area (Å²) in [5.74, 6) is 2.03. The van der Waals surface area contributed by atoms with E-state index >= 15 is 0 Å². The molecule has 0 fully saturated rings. The molecule has 0 radical (unpaired) electrons. The standard InChI is InChI=1S/C28H24N2O4S/c1-3-8-20-9-4-7-12-23(20)33-15-16-34-24-14-13-19(17-25(24)32-2)18-26-27(31)30-22-11-6-5-10-21(22)29-28(30)35-26/h3-7,9-14,17-18H,1,8,15-16H2,2H3. The predicted molar refractivity (Wildman–Crippen MR) is 140 cm³/mol. The Morgan fingerprint density at radius 2 is 1.74 bits per heavy atom. The molecule has 2 heterocycles. The number of imidazole rings is 1. The topological polar surface area (TPSA) is 62.1 Å². The van der Waals surface area contributed by atoms with Gasteiger partial charge in [0.2, 0.25) is 0 Å². The van der Waals surface area contributed by atoms with E-state index in [1.807, 2.05) is 78.9 Å². The molecule has 2 aromatic heterocycles. The van der Waals surface area contributed by atoms with Gasteiger partial charge in [0, 0.05) is 0 Å². The molecule has 0 N–H and O–H groups in total. The van der Waals surface area contributed by atoms with E-state index in [9.17, 15) is 4.79 Å². The van der Waals surface area contributed by atoms with Crippen molar-refractivity contribution in [2.45, 2.75) is 6.42 Å². The average Bonchev–Trinajstić information content (AvgIpc) is 3.39. The summed E-state index contributed by atoms with van der Waals surface area (Å²) < 4.78 is 19.6. The van der Waals surface area contributed by atoms with Gasteiger partial charge in [-0.25, -0.2) is 9.38 Å². The highest BCUT2D eigenvalue weighted by atomic mass is 32.1. The summed E-state index contributed by atoms with van der Waals surface area (Å²) in [6.45, 7) is 4.55. The minimum Gasteiger partial charge on any atom is -0.493 e.